The predicted molar refractivity (Wildman–Crippen MR) is 66.7 cm³/mol. The molecular formula is C11H12BrNO2S. The summed E-state index contributed by atoms with van der Waals surface area (Å²) >= 11 is 3.27. The van der Waals surface area contributed by atoms with Crippen molar-refractivity contribution in [3.8, 4) is 0 Å². The summed E-state index contributed by atoms with van der Waals surface area (Å²) in [5.74, 6) is 0. The van der Waals surface area contributed by atoms with E-state index in [1.807, 2.05) is 0 Å². The van der Waals surface area contributed by atoms with Crippen molar-refractivity contribution in [2.24, 2.45) is 0 Å². The summed E-state index contributed by atoms with van der Waals surface area (Å²) in [6, 6.07) is 6.87. The van der Waals surface area contributed by atoms with Crippen molar-refractivity contribution in [3.05, 3.63) is 40.9 Å². The maximum absolute atomic E-state index is 12.3. The zero-order valence-corrected chi connectivity index (χ0v) is 11.1. The lowest BCUT2D eigenvalue weighted by Crippen LogP contribution is -2.28. The number of hydrogen-bond acceptors (Lipinski definition) is 2. The normalized spacial score (nSPS) is 17.9. The van der Waals surface area contributed by atoms with Crippen LogP contribution in [0.3, 0.4) is 0 Å². The molecule has 0 aromatic heterocycles. The maximum Gasteiger partial charge on any atom is 0.244 e. The molecule has 1 aliphatic rings. The monoisotopic (exact) mass is 301 g/mol. The van der Waals surface area contributed by atoms with Crippen molar-refractivity contribution in [3.63, 3.8) is 0 Å². The lowest BCUT2D eigenvalue weighted by molar-refractivity contribution is 0.481. The summed E-state index contributed by atoms with van der Waals surface area (Å²) in [7, 11) is -3.38. The van der Waals surface area contributed by atoms with Gasteiger partial charge < -0.3 is 0 Å². The van der Waals surface area contributed by atoms with Crippen LogP contribution in [0.5, 0.6) is 0 Å². The second-order valence-electron chi connectivity index (χ2n) is 3.77. The van der Waals surface area contributed by atoms with Crippen LogP contribution in [0.25, 0.3) is 0 Å². The van der Waals surface area contributed by atoms with E-state index in [1.54, 1.807) is 24.3 Å². The van der Waals surface area contributed by atoms with Gasteiger partial charge in [-0.05, 0) is 34.5 Å². The van der Waals surface area contributed by atoms with Gasteiger partial charge in [0.1, 0.15) is 0 Å². The Morgan fingerprint density at radius 3 is 2.56 bits per heavy atom. The SMILES string of the molecule is C=C1CCN(S(=O)(=O)c2ccccc2Br)C1. The van der Waals surface area contributed by atoms with Crippen LogP contribution in [0.2, 0.25) is 0 Å². The van der Waals surface area contributed by atoms with Gasteiger partial charge in [0.2, 0.25) is 10.0 Å². The van der Waals surface area contributed by atoms with Gasteiger partial charge in [-0.3, -0.25) is 0 Å². The molecule has 0 spiro atoms. The van der Waals surface area contributed by atoms with Gasteiger partial charge in [0.15, 0.2) is 0 Å². The van der Waals surface area contributed by atoms with Crippen molar-refractivity contribution in [2.45, 2.75) is 11.3 Å². The Bertz CT molecular complexity index is 525. The third-order valence-electron chi connectivity index (χ3n) is 2.57. The summed E-state index contributed by atoms with van der Waals surface area (Å²) in [4.78, 5) is 0.324. The molecule has 0 aliphatic carbocycles. The van der Waals surface area contributed by atoms with Crippen molar-refractivity contribution in [2.75, 3.05) is 13.1 Å². The quantitative estimate of drug-likeness (QED) is 0.787. The van der Waals surface area contributed by atoms with E-state index in [4.69, 9.17) is 0 Å². The first-order valence-corrected chi connectivity index (χ1v) is 7.16. The molecule has 0 amide bonds. The Balaban J connectivity index is 2.40. The Hall–Kier alpha value is -0.650. The van der Waals surface area contributed by atoms with Gasteiger partial charge in [-0.2, -0.15) is 4.31 Å². The Kier molecular flexibility index (Phi) is 3.19. The summed E-state index contributed by atoms with van der Waals surface area (Å²) in [6.07, 6.45) is 0.754. The van der Waals surface area contributed by atoms with Crippen LogP contribution in [-0.4, -0.2) is 25.8 Å². The van der Waals surface area contributed by atoms with E-state index >= 15 is 0 Å². The molecule has 16 heavy (non-hydrogen) atoms. The lowest BCUT2D eigenvalue weighted by Gasteiger charge is -2.16. The van der Waals surface area contributed by atoms with Gasteiger partial charge in [-0.15, -0.1) is 0 Å². The third-order valence-corrected chi connectivity index (χ3v) is 5.43. The van der Waals surface area contributed by atoms with E-state index in [9.17, 15) is 8.42 Å². The molecule has 0 saturated carbocycles. The molecule has 1 aromatic rings. The van der Waals surface area contributed by atoms with Gasteiger partial charge >= 0.3 is 0 Å². The van der Waals surface area contributed by atoms with Crippen LogP contribution in [0.15, 0.2) is 45.8 Å². The van der Waals surface area contributed by atoms with Gasteiger partial charge in [0, 0.05) is 17.6 Å². The first-order chi connectivity index (χ1) is 7.51. The fourth-order valence-electron chi connectivity index (χ4n) is 1.69. The van der Waals surface area contributed by atoms with E-state index < -0.39 is 10.0 Å². The predicted octanol–water partition coefficient (Wildman–Crippen LogP) is 2.40. The minimum absolute atomic E-state index is 0.324. The number of rotatable bonds is 2. The molecule has 1 saturated heterocycles. The Morgan fingerprint density at radius 2 is 2.00 bits per heavy atom. The fraction of sp³-hybridized carbons (Fsp3) is 0.273. The average molecular weight is 302 g/mol. The van der Waals surface area contributed by atoms with Crippen molar-refractivity contribution in [1.29, 1.82) is 0 Å². The molecule has 1 aliphatic heterocycles. The second-order valence-corrected chi connectivity index (χ2v) is 6.53. The van der Waals surface area contributed by atoms with E-state index in [-0.39, 0.29) is 0 Å². The van der Waals surface area contributed by atoms with Gasteiger partial charge in [0.05, 0.1) is 4.90 Å². The molecule has 0 bridgehead atoms. The van der Waals surface area contributed by atoms with Gasteiger partial charge in [-0.25, -0.2) is 8.42 Å². The van der Waals surface area contributed by atoms with E-state index in [0.29, 0.717) is 22.5 Å². The maximum atomic E-state index is 12.3. The molecule has 0 N–H and O–H groups in total. The van der Waals surface area contributed by atoms with Crippen LogP contribution >= 0.6 is 15.9 Å². The van der Waals surface area contributed by atoms with Crippen molar-refractivity contribution >= 4 is 26.0 Å². The molecule has 86 valence electrons. The first-order valence-electron chi connectivity index (χ1n) is 4.93. The molecule has 3 nitrogen and oxygen atoms in total. The number of benzene rings is 1. The fourth-order valence-corrected chi connectivity index (χ4v) is 4.11. The summed E-state index contributed by atoms with van der Waals surface area (Å²) in [5.41, 5.74) is 0.968. The van der Waals surface area contributed by atoms with E-state index in [1.165, 1.54) is 4.31 Å². The number of hydrogen-bond donors (Lipinski definition) is 0. The molecule has 0 radical (unpaired) electrons. The van der Waals surface area contributed by atoms with Crippen LogP contribution in [0, 0.1) is 0 Å². The smallest absolute Gasteiger partial charge is 0.207 e. The largest absolute Gasteiger partial charge is 0.244 e. The highest BCUT2D eigenvalue weighted by Crippen LogP contribution is 2.27. The summed E-state index contributed by atoms with van der Waals surface area (Å²) in [5, 5.41) is 0. The zero-order chi connectivity index (χ0) is 11.8. The average Bonchev–Trinajstić information content (AvgIpc) is 2.66. The molecule has 1 fully saturated rings. The van der Waals surface area contributed by atoms with Crippen LogP contribution in [0.1, 0.15) is 6.42 Å². The standard InChI is InChI=1S/C11H12BrNO2S/c1-9-6-7-13(8-9)16(14,15)11-5-3-2-4-10(11)12/h2-5H,1,6-8H2. The topological polar surface area (TPSA) is 37.4 Å². The molecule has 0 atom stereocenters. The summed E-state index contributed by atoms with van der Waals surface area (Å²) in [6.45, 7) is 4.78. The van der Waals surface area contributed by atoms with E-state index in [0.717, 1.165) is 12.0 Å². The molecule has 1 heterocycles. The summed E-state index contributed by atoms with van der Waals surface area (Å²) < 4.78 is 26.6. The second kappa shape index (κ2) is 4.31. The van der Waals surface area contributed by atoms with E-state index in [2.05, 4.69) is 22.5 Å². The first kappa shape index (κ1) is 11.8. The Labute approximate surface area is 104 Å². The molecule has 0 unspecified atom stereocenters. The minimum Gasteiger partial charge on any atom is -0.207 e. The minimum atomic E-state index is -3.38. The van der Waals surface area contributed by atoms with Crippen molar-refractivity contribution in [1.82, 2.24) is 4.31 Å². The highest BCUT2D eigenvalue weighted by atomic mass is 79.9. The molecule has 1 aromatic carbocycles. The van der Waals surface area contributed by atoms with Gasteiger partial charge in [-0.1, -0.05) is 24.3 Å². The molecular weight excluding hydrogens is 290 g/mol. The van der Waals surface area contributed by atoms with Crippen LogP contribution in [0.4, 0.5) is 0 Å². The highest BCUT2D eigenvalue weighted by molar-refractivity contribution is 9.10. The van der Waals surface area contributed by atoms with Crippen molar-refractivity contribution < 1.29 is 8.42 Å². The van der Waals surface area contributed by atoms with Gasteiger partial charge in [0.25, 0.3) is 0 Å². The number of sulfonamides is 1. The Morgan fingerprint density at radius 1 is 1.31 bits per heavy atom. The lowest BCUT2D eigenvalue weighted by atomic mass is 10.3. The third kappa shape index (κ3) is 2.07. The van der Waals surface area contributed by atoms with Crippen LogP contribution < -0.4 is 0 Å². The molecule has 2 rings (SSSR count). The number of nitrogens with zero attached hydrogens (tertiary/aromatic N) is 1. The molecule has 5 heteroatoms. The zero-order valence-electron chi connectivity index (χ0n) is 8.69. The highest BCUT2D eigenvalue weighted by Gasteiger charge is 2.29. The van der Waals surface area contributed by atoms with Crippen LogP contribution in [-0.2, 0) is 10.0 Å². The number of halogens is 1.